The summed E-state index contributed by atoms with van der Waals surface area (Å²) in [5.41, 5.74) is 7.63. The van der Waals surface area contributed by atoms with E-state index in [1.165, 1.54) is 37.9 Å². The van der Waals surface area contributed by atoms with Gasteiger partial charge < -0.3 is 5.73 Å². The van der Waals surface area contributed by atoms with Crippen molar-refractivity contribution < 1.29 is 0 Å². The third-order valence-corrected chi connectivity index (χ3v) is 3.89. The molecule has 0 amide bonds. The Hall–Kier alpha value is -0.730. The molecule has 1 aliphatic rings. The van der Waals surface area contributed by atoms with Crippen LogP contribution in [0.1, 0.15) is 31.7 Å². The van der Waals surface area contributed by atoms with E-state index in [1.54, 1.807) is 0 Å². The molecule has 0 spiro atoms. The minimum atomic E-state index is 0.740. The maximum Gasteiger partial charge on any atom is 0.0471 e. The summed E-state index contributed by atoms with van der Waals surface area (Å²) in [5, 5.41) is 0.795. The molecule has 0 radical (unpaired) electrons. The maximum atomic E-state index is 6.20. The van der Waals surface area contributed by atoms with Gasteiger partial charge in [-0.2, -0.15) is 0 Å². The van der Waals surface area contributed by atoms with Gasteiger partial charge in [-0.3, -0.25) is 4.90 Å². The Kier molecular flexibility index (Phi) is 4.30. The maximum absolute atomic E-state index is 6.20. The Morgan fingerprint density at radius 1 is 1.47 bits per heavy atom. The van der Waals surface area contributed by atoms with Gasteiger partial charge in [-0.05, 0) is 43.0 Å². The van der Waals surface area contributed by atoms with Crippen LogP contribution in [0.2, 0.25) is 5.02 Å². The Morgan fingerprint density at radius 3 is 3.00 bits per heavy atom. The molecule has 1 saturated heterocycles. The zero-order chi connectivity index (χ0) is 12.3. The van der Waals surface area contributed by atoms with Crippen molar-refractivity contribution >= 4 is 17.3 Å². The van der Waals surface area contributed by atoms with Crippen LogP contribution in [0.25, 0.3) is 0 Å². The summed E-state index contributed by atoms with van der Waals surface area (Å²) in [4.78, 5) is 2.50. The molecule has 17 heavy (non-hydrogen) atoms. The van der Waals surface area contributed by atoms with Gasteiger partial charge in [0.15, 0.2) is 0 Å². The van der Waals surface area contributed by atoms with E-state index < -0.39 is 0 Å². The van der Waals surface area contributed by atoms with Crippen molar-refractivity contribution in [3.63, 3.8) is 0 Å². The second-order valence-electron chi connectivity index (χ2n) is 5.03. The number of anilines is 1. The van der Waals surface area contributed by atoms with Gasteiger partial charge in [0.2, 0.25) is 0 Å². The minimum Gasteiger partial charge on any atom is -0.399 e. The molecule has 94 valence electrons. The number of hydrogen-bond donors (Lipinski definition) is 1. The summed E-state index contributed by atoms with van der Waals surface area (Å²) in [6.45, 7) is 5.64. The van der Waals surface area contributed by atoms with Crippen molar-refractivity contribution in [1.82, 2.24) is 4.90 Å². The highest BCUT2D eigenvalue weighted by Crippen LogP contribution is 2.25. The average molecular weight is 253 g/mol. The van der Waals surface area contributed by atoms with Gasteiger partial charge in [-0.1, -0.05) is 31.0 Å². The molecule has 1 aromatic carbocycles. The molecule has 0 aromatic heterocycles. The molecule has 1 fully saturated rings. The van der Waals surface area contributed by atoms with Crippen molar-refractivity contribution in [1.29, 1.82) is 0 Å². The monoisotopic (exact) mass is 252 g/mol. The lowest BCUT2D eigenvalue weighted by molar-refractivity contribution is 0.313. The highest BCUT2D eigenvalue weighted by molar-refractivity contribution is 6.31. The Balaban J connectivity index is 1.93. The Labute approximate surface area is 109 Å². The van der Waals surface area contributed by atoms with E-state index in [2.05, 4.69) is 11.8 Å². The quantitative estimate of drug-likeness (QED) is 0.831. The van der Waals surface area contributed by atoms with E-state index in [9.17, 15) is 0 Å². The third kappa shape index (κ3) is 3.36. The van der Waals surface area contributed by atoms with E-state index in [1.807, 2.05) is 18.2 Å². The highest BCUT2D eigenvalue weighted by atomic mass is 35.5. The van der Waals surface area contributed by atoms with Crippen LogP contribution in [0, 0.1) is 5.92 Å². The third-order valence-electron chi connectivity index (χ3n) is 3.54. The molecule has 1 aromatic rings. The molecular weight excluding hydrogens is 232 g/mol. The molecule has 2 rings (SSSR count). The van der Waals surface area contributed by atoms with Gasteiger partial charge in [0.05, 0.1) is 0 Å². The number of hydrogen-bond acceptors (Lipinski definition) is 2. The molecule has 1 aliphatic heterocycles. The van der Waals surface area contributed by atoms with E-state index in [-0.39, 0.29) is 0 Å². The van der Waals surface area contributed by atoms with Gasteiger partial charge in [0.1, 0.15) is 0 Å². The smallest absolute Gasteiger partial charge is 0.0471 e. The molecule has 0 bridgehead atoms. The summed E-state index contributed by atoms with van der Waals surface area (Å²) in [6.07, 6.45) is 3.98. The van der Waals surface area contributed by atoms with Gasteiger partial charge in [-0.25, -0.2) is 0 Å². The summed E-state index contributed by atoms with van der Waals surface area (Å²) in [5.74, 6) is 0.882. The predicted molar refractivity (Wildman–Crippen MR) is 74.2 cm³/mol. The number of nitrogens with two attached hydrogens (primary N) is 1. The van der Waals surface area contributed by atoms with Gasteiger partial charge >= 0.3 is 0 Å². The second-order valence-corrected chi connectivity index (χ2v) is 5.44. The van der Waals surface area contributed by atoms with E-state index >= 15 is 0 Å². The van der Waals surface area contributed by atoms with Crippen LogP contribution in [0.3, 0.4) is 0 Å². The zero-order valence-corrected chi connectivity index (χ0v) is 11.2. The van der Waals surface area contributed by atoms with Crippen LogP contribution < -0.4 is 5.73 Å². The van der Waals surface area contributed by atoms with Gasteiger partial charge in [0.25, 0.3) is 0 Å². The molecule has 0 aliphatic carbocycles. The SMILES string of the molecule is CCCC1CCN(Cc2ccc(N)cc2Cl)C1. The van der Waals surface area contributed by atoms with E-state index in [0.717, 1.165) is 23.2 Å². The summed E-state index contributed by atoms with van der Waals surface area (Å²) in [6, 6.07) is 5.82. The summed E-state index contributed by atoms with van der Waals surface area (Å²) < 4.78 is 0. The summed E-state index contributed by atoms with van der Waals surface area (Å²) >= 11 is 6.20. The lowest BCUT2D eigenvalue weighted by Gasteiger charge is -2.17. The van der Waals surface area contributed by atoms with Crippen LogP contribution in [0.5, 0.6) is 0 Å². The molecule has 1 heterocycles. The van der Waals surface area contributed by atoms with Gasteiger partial charge in [-0.15, -0.1) is 0 Å². The van der Waals surface area contributed by atoms with Gasteiger partial charge in [0, 0.05) is 23.8 Å². The molecule has 0 saturated carbocycles. The lowest BCUT2D eigenvalue weighted by Crippen LogP contribution is -2.20. The van der Waals surface area contributed by atoms with Crippen LogP contribution in [-0.2, 0) is 6.54 Å². The van der Waals surface area contributed by atoms with Crippen LogP contribution in [0.15, 0.2) is 18.2 Å². The summed E-state index contributed by atoms with van der Waals surface area (Å²) in [7, 11) is 0. The standard InChI is InChI=1S/C14H21ClN2/c1-2-3-11-6-7-17(9-11)10-12-4-5-13(16)8-14(12)15/h4-5,8,11H,2-3,6-7,9-10,16H2,1H3. The van der Waals surface area contributed by atoms with Crippen LogP contribution in [0.4, 0.5) is 5.69 Å². The Bertz CT molecular complexity index is 378. The first-order chi connectivity index (χ1) is 8.19. The molecule has 2 N–H and O–H groups in total. The van der Waals surface area contributed by atoms with Crippen molar-refractivity contribution in [2.24, 2.45) is 5.92 Å². The lowest BCUT2D eigenvalue weighted by atomic mass is 10.0. The number of nitrogens with zero attached hydrogens (tertiary/aromatic N) is 1. The fraction of sp³-hybridized carbons (Fsp3) is 0.571. The fourth-order valence-corrected chi connectivity index (χ4v) is 2.88. The Morgan fingerprint density at radius 2 is 2.29 bits per heavy atom. The van der Waals surface area contributed by atoms with E-state index in [4.69, 9.17) is 17.3 Å². The number of rotatable bonds is 4. The van der Waals surface area contributed by atoms with Crippen molar-refractivity contribution in [3.8, 4) is 0 Å². The first-order valence-electron chi connectivity index (χ1n) is 6.45. The fourth-order valence-electron chi connectivity index (χ4n) is 2.63. The molecular formula is C14H21ClN2. The topological polar surface area (TPSA) is 29.3 Å². The van der Waals surface area contributed by atoms with Crippen LogP contribution >= 0.6 is 11.6 Å². The molecule has 1 atom stereocenters. The normalized spacial score (nSPS) is 20.9. The number of halogens is 1. The minimum absolute atomic E-state index is 0.740. The average Bonchev–Trinajstić information content (AvgIpc) is 2.71. The van der Waals surface area contributed by atoms with Crippen molar-refractivity contribution in [2.75, 3.05) is 18.8 Å². The molecule has 2 nitrogen and oxygen atoms in total. The number of benzene rings is 1. The number of likely N-dealkylation sites (tertiary alicyclic amines) is 1. The van der Waals surface area contributed by atoms with Crippen molar-refractivity contribution in [3.05, 3.63) is 28.8 Å². The molecule has 3 heteroatoms. The highest BCUT2D eigenvalue weighted by Gasteiger charge is 2.21. The zero-order valence-electron chi connectivity index (χ0n) is 10.5. The molecule has 1 unspecified atom stereocenters. The van der Waals surface area contributed by atoms with Crippen LogP contribution in [-0.4, -0.2) is 18.0 Å². The number of nitrogen functional groups attached to an aromatic ring is 1. The largest absolute Gasteiger partial charge is 0.399 e. The first-order valence-corrected chi connectivity index (χ1v) is 6.83. The van der Waals surface area contributed by atoms with Crippen molar-refractivity contribution in [2.45, 2.75) is 32.7 Å². The van der Waals surface area contributed by atoms with E-state index in [0.29, 0.717) is 0 Å². The first kappa shape index (κ1) is 12.7. The predicted octanol–water partition coefficient (Wildman–Crippen LogP) is 3.54. The second kappa shape index (κ2) is 5.74.